The molecule has 2 aromatic rings. The Hall–Kier alpha value is -3.61. The Morgan fingerprint density at radius 1 is 1.00 bits per heavy atom. The van der Waals surface area contributed by atoms with Crippen LogP contribution in [0, 0.1) is 5.92 Å². The highest BCUT2D eigenvalue weighted by Crippen LogP contribution is 2.44. The first kappa shape index (κ1) is 22.2. The Labute approximate surface area is 198 Å². The van der Waals surface area contributed by atoms with Gasteiger partial charge in [-0.25, -0.2) is 9.59 Å². The molecule has 2 aromatic carbocycles. The number of hydrogen-bond donors (Lipinski definition) is 3. The average Bonchev–Trinajstić information content (AvgIpc) is 3.13. The van der Waals surface area contributed by atoms with Gasteiger partial charge in [-0.05, 0) is 54.4 Å². The van der Waals surface area contributed by atoms with Gasteiger partial charge in [0, 0.05) is 11.8 Å². The number of carbonyl (C=O) groups is 3. The van der Waals surface area contributed by atoms with Crippen LogP contribution in [0.25, 0.3) is 11.1 Å². The third kappa shape index (κ3) is 4.06. The molecule has 0 spiro atoms. The van der Waals surface area contributed by atoms with E-state index in [1.54, 1.807) is 0 Å². The van der Waals surface area contributed by atoms with Crippen molar-refractivity contribution in [2.24, 2.45) is 5.92 Å². The number of carboxylic acid groups (broad SMARTS) is 1. The van der Waals surface area contributed by atoms with Crippen molar-refractivity contribution in [1.82, 2.24) is 10.6 Å². The van der Waals surface area contributed by atoms with Gasteiger partial charge in [0.25, 0.3) is 0 Å². The predicted octanol–water partition coefficient (Wildman–Crippen LogP) is 3.98. The Balaban J connectivity index is 1.17. The van der Waals surface area contributed by atoms with Gasteiger partial charge >= 0.3 is 12.1 Å². The Morgan fingerprint density at radius 3 is 2.24 bits per heavy atom. The summed E-state index contributed by atoms with van der Waals surface area (Å²) in [6, 6.07) is 16.0. The van der Waals surface area contributed by atoms with E-state index in [-0.39, 0.29) is 30.4 Å². The number of ether oxygens (including phenoxy) is 1. The molecule has 2 atom stereocenters. The van der Waals surface area contributed by atoms with Crippen LogP contribution in [-0.2, 0) is 14.3 Å². The van der Waals surface area contributed by atoms with Crippen LogP contribution in [0.15, 0.2) is 60.7 Å². The lowest BCUT2D eigenvalue weighted by Crippen LogP contribution is -2.60. The Morgan fingerprint density at radius 2 is 1.65 bits per heavy atom. The molecule has 176 valence electrons. The van der Waals surface area contributed by atoms with Crippen molar-refractivity contribution in [2.45, 2.75) is 49.6 Å². The van der Waals surface area contributed by atoms with E-state index in [4.69, 9.17) is 4.74 Å². The minimum atomic E-state index is -1.13. The highest BCUT2D eigenvalue weighted by molar-refractivity contribution is 5.89. The molecule has 5 rings (SSSR count). The second kappa shape index (κ2) is 8.97. The molecule has 0 saturated heterocycles. The molecule has 7 heteroatoms. The number of amides is 2. The molecule has 1 saturated carbocycles. The maximum atomic E-state index is 12.7. The standard InChI is InChI=1S/C27H28N2O5/c30-24(29-27(25(31)32)13-6-14-27)17-7-5-8-18(15-17)28-26(33)34-16-23-21-11-3-1-9-19(21)20-10-2-4-12-22(20)23/h1-5,8-12,17-18,23H,6-7,13-16H2,(H,28,33)(H,29,30)(H,31,32). The number of hydrogen-bond acceptors (Lipinski definition) is 4. The van der Waals surface area contributed by atoms with Crippen LogP contribution in [0.5, 0.6) is 0 Å². The molecular formula is C27H28N2O5. The molecule has 3 aliphatic rings. The quantitative estimate of drug-likeness (QED) is 0.566. The smallest absolute Gasteiger partial charge is 0.407 e. The van der Waals surface area contributed by atoms with E-state index in [2.05, 4.69) is 34.9 Å². The number of carbonyl (C=O) groups excluding carboxylic acids is 2. The fourth-order valence-electron chi connectivity index (χ4n) is 5.26. The van der Waals surface area contributed by atoms with E-state index in [9.17, 15) is 19.5 Å². The molecule has 0 aliphatic heterocycles. The zero-order valence-corrected chi connectivity index (χ0v) is 18.8. The molecule has 34 heavy (non-hydrogen) atoms. The van der Waals surface area contributed by atoms with Crippen molar-refractivity contribution in [3.8, 4) is 11.1 Å². The second-order valence-electron chi connectivity index (χ2n) is 9.40. The summed E-state index contributed by atoms with van der Waals surface area (Å²) in [5.41, 5.74) is 3.50. The molecule has 2 unspecified atom stereocenters. The molecule has 3 N–H and O–H groups in total. The number of carboxylic acids is 1. The highest BCUT2D eigenvalue weighted by Gasteiger charge is 2.46. The molecule has 3 aliphatic carbocycles. The first-order valence-electron chi connectivity index (χ1n) is 11.8. The van der Waals surface area contributed by atoms with Gasteiger partial charge in [-0.3, -0.25) is 4.79 Å². The van der Waals surface area contributed by atoms with Crippen molar-refractivity contribution >= 4 is 18.0 Å². The van der Waals surface area contributed by atoms with Crippen LogP contribution in [0.1, 0.15) is 49.1 Å². The first-order chi connectivity index (χ1) is 16.5. The van der Waals surface area contributed by atoms with Crippen LogP contribution >= 0.6 is 0 Å². The van der Waals surface area contributed by atoms with Gasteiger partial charge < -0.3 is 20.5 Å². The third-order valence-corrected chi connectivity index (χ3v) is 7.32. The lowest BCUT2D eigenvalue weighted by atomic mass is 9.76. The van der Waals surface area contributed by atoms with Gasteiger partial charge in [-0.2, -0.15) is 0 Å². The third-order valence-electron chi connectivity index (χ3n) is 7.32. The number of fused-ring (bicyclic) bond motifs is 3. The van der Waals surface area contributed by atoms with Gasteiger partial charge in [0.15, 0.2) is 0 Å². The van der Waals surface area contributed by atoms with Crippen LogP contribution < -0.4 is 10.6 Å². The van der Waals surface area contributed by atoms with Gasteiger partial charge in [0.1, 0.15) is 12.1 Å². The topological polar surface area (TPSA) is 105 Å². The Kier molecular flexibility index (Phi) is 5.86. The van der Waals surface area contributed by atoms with E-state index in [0.29, 0.717) is 25.7 Å². The summed E-state index contributed by atoms with van der Waals surface area (Å²) in [6.45, 7) is 0.224. The molecule has 0 aromatic heterocycles. The van der Waals surface area contributed by atoms with E-state index in [1.165, 1.54) is 11.1 Å². The molecule has 0 radical (unpaired) electrons. The summed E-state index contributed by atoms with van der Waals surface area (Å²) in [5, 5.41) is 15.1. The summed E-state index contributed by atoms with van der Waals surface area (Å²) < 4.78 is 5.61. The SMILES string of the molecule is O=C(NC1C=CCC(C(=O)NC2(C(=O)O)CCC2)C1)OCC1c2ccccc2-c2ccccc21. The van der Waals surface area contributed by atoms with E-state index >= 15 is 0 Å². The predicted molar refractivity (Wildman–Crippen MR) is 126 cm³/mol. The second-order valence-corrected chi connectivity index (χ2v) is 9.40. The Bertz CT molecular complexity index is 1110. The van der Waals surface area contributed by atoms with Gasteiger partial charge in [0.05, 0.1) is 6.04 Å². The zero-order chi connectivity index (χ0) is 23.7. The molecule has 0 bridgehead atoms. The van der Waals surface area contributed by atoms with Crippen LogP contribution in [0.4, 0.5) is 4.79 Å². The monoisotopic (exact) mass is 460 g/mol. The first-order valence-corrected chi connectivity index (χ1v) is 11.8. The molecule has 1 fully saturated rings. The summed E-state index contributed by atoms with van der Waals surface area (Å²) >= 11 is 0. The van der Waals surface area contributed by atoms with E-state index in [0.717, 1.165) is 17.5 Å². The summed E-state index contributed by atoms with van der Waals surface area (Å²) in [7, 11) is 0. The van der Waals surface area contributed by atoms with Crippen molar-refractivity contribution in [2.75, 3.05) is 6.61 Å². The van der Waals surface area contributed by atoms with Crippen LogP contribution in [0.2, 0.25) is 0 Å². The van der Waals surface area contributed by atoms with Gasteiger partial charge in [-0.1, -0.05) is 60.7 Å². The van der Waals surface area contributed by atoms with Crippen molar-refractivity contribution in [3.63, 3.8) is 0 Å². The largest absolute Gasteiger partial charge is 0.480 e. The number of allylic oxidation sites excluding steroid dienone is 1. The van der Waals surface area contributed by atoms with Crippen molar-refractivity contribution in [3.05, 3.63) is 71.8 Å². The van der Waals surface area contributed by atoms with E-state index < -0.39 is 17.6 Å². The number of alkyl carbamates (subject to hydrolysis) is 1. The summed E-state index contributed by atoms with van der Waals surface area (Å²) in [4.78, 5) is 36.9. The van der Waals surface area contributed by atoms with Crippen molar-refractivity contribution in [1.29, 1.82) is 0 Å². The zero-order valence-electron chi connectivity index (χ0n) is 18.8. The highest BCUT2D eigenvalue weighted by atomic mass is 16.5. The van der Waals surface area contributed by atoms with Crippen molar-refractivity contribution < 1.29 is 24.2 Å². The van der Waals surface area contributed by atoms with Crippen LogP contribution in [-0.4, -0.2) is 41.3 Å². The van der Waals surface area contributed by atoms with Gasteiger partial charge in [-0.15, -0.1) is 0 Å². The van der Waals surface area contributed by atoms with Gasteiger partial charge in [0.2, 0.25) is 5.91 Å². The average molecular weight is 461 g/mol. The summed E-state index contributed by atoms with van der Waals surface area (Å²) in [5.74, 6) is -1.66. The minimum absolute atomic E-state index is 0.0201. The number of rotatable bonds is 6. The maximum Gasteiger partial charge on any atom is 0.407 e. The number of aliphatic carboxylic acids is 1. The van der Waals surface area contributed by atoms with Crippen LogP contribution in [0.3, 0.4) is 0 Å². The lowest BCUT2D eigenvalue weighted by Gasteiger charge is -2.39. The molecule has 2 amide bonds. The molecule has 0 heterocycles. The summed E-state index contributed by atoms with van der Waals surface area (Å²) in [6.07, 6.45) is 5.82. The number of benzene rings is 2. The normalized spacial score (nSPS) is 22.1. The molecule has 7 nitrogen and oxygen atoms in total. The number of nitrogens with one attached hydrogen (secondary N) is 2. The molecular weight excluding hydrogens is 432 g/mol. The fourth-order valence-corrected chi connectivity index (χ4v) is 5.26. The maximum absolute atomic E-state index is 12.7. The lowest BCUT2D eigenvalue weighted by molar-refractivity contribution is -0.152. The van der Waals surface area contributed by atoms with E-state index in [1.807, 2.05) is 36.4 Å². The minimum Gasteiger partial charge on any atom is -0.480 e. The fraction of sp³-hybridized carbons (Fsp3) is 0.370.